The van der Waals surface area contributed by atoms with Gasteiger partial charge in [-0.2, -0.15) is 15.0 Å². The summed E-state index contributed by atoms with van der Waals surface area (Å²) in [6.07, 6.45) is 7.48. The van der Waals surface area contributed by atoms with Crippen LogP contribution in [-0.2, 0) is 21.1 Å². The molecule has 0 bridgehead atoms. The van der Waals surface area contributed by atoms with Crippen LogP contribution in [0.15, 0.2) is 118 Å². The van der Waals surface area contributed by atoms with Crippen molar-refractivity contribution >= 4 is 63.9 Å². The number of H-pyrrole nitrogens is 1. The van der Waals surface area contributed by atoms with Gasteiger partial charge in [-0.25, -0.2) is 18.7 Å². The third-order valence-electron chi connectivity index (χ3n) is 7.57. The lowest BCUT2D eigenvalue weighted by Crippen LogP contribution is -2.31. The van der Waals surface area contributed by atoms with E-state index in [0.29, 0.717) is 23.5 Å². The van der Waals surface area contributed by atoms with E-state index in [4.69, 9.17) is 0 Å². The maximum atomic E-state index is 9.65. The molecule has 0 spiro atoms. The number of hydrogen-bond donors (Lipinski definition) is 5. The van der Waals surface area contributed by atoms with Gasteiger partial charge in [0.2, 0.25) is 17.8 Å². The Hall–Kier alpha value is -6.59. The number of aliphatic hydroxyl groups excluding tert-OH is 2. The first-order valence-electron chi connectivity index (χ1n) is 16.1. The molecule has 0 amide bonds. The number of nitrogens with zero attached hydrogens (tertiary/aromatic N) is 11. The van der Waals surface area contributed by atoms with Gasteiger partial charge in [0.15, 0.2) is 0 Å². The van der Waals surface area contributed by atoms with E-state index >= 15 is 0 Å². The number of aromatic amines is 1. The highest BCUT2D eigenvalue weighted by Gasteiger charge is 2.15. The summed E-state index contributed by atoms with van der Waals surface area (Å²) in [7, 11) is 5.71. The first kappa shape index (κ1) is 34.3. The number of benzene rings is 3. The number of aryl methyl sites for hydroxylation is 3. The molecule has 260 valence electrons. The van der Waals surface area contributed by atoms with E-state index in [0.717, 1.165) is 28.4 Å². The molecule has 0 aliphatic rings. The summed E-state index contributed by atoms with van der Waals surface area (Å²) in [4.78, 5) is 18.5. The summed E-state index contributed by atoms with van der Waals surface area (Å²) in [5, 5.41) is 46.3. The van der Waals surface area contributed by atoms with E-state index in [9.17, 15) is 10.2 Å². The molecule has 3 aromatic carbocycles. The molecule has 0 aliphatic heterocycles. The largest absolute Gasteiger partial charge is 0.421 e. The molecule has 17 heteroatoms. The molecule has 6 N–H and O–H groups in total. The number of rotatable bonds is 15. The fourth-order valence-electron chi connectivity index (χ4n) is 4.88. The molecule has 0 unspecified atom stereocenters. The average Bonchev–Trinajstić information content (AvgIpc) is 3.70. The predicted molar refractivity (Wildman–Crippen MR) is 192 cm³/mol. The third-order valence-corrected chi connectivity index (χ3v) is 7.57. The summed E-state index contributed by atoms with van der Waals surface area (Å²) in [5.41, 5.74) is 4.65. The van der Waals surface area contributed by atoms with Crippen molar-refractivity contribution in [3.05, 3.63) is 97.6 Å². The van der Waals surface area contributed by atoms with Crippen molar-refractivity contribution in [1.82, 2.24) is 24.1 Å². The molecule has 0 fully saturated rings. The Morgan fingerprint density at radius 3 is 1.65 bits per heavy atom. The van der Waals surface area contributed by atoms with Gasteiger partial charge in [0.05, 0.1) is 59.1 Å². The van der Waals surface area contributed by atoms with Crippen LogP contribution >= 0.6 is 0 Å². The van der Waals surface area contributed by atoms with Gasteiger partial charge in [-0.15, -0.1) is 0 Å². The second-order valence-corrected chi connectivity index (χ2v) is 11.4. The Morgan fingerprint density at radius 2 is 1.18 bits per heavy atom. The molecule has 3 heterocycles. The number of anilines is 7. The lowest BCUT2D eigenvalue weighted by Gasteiger charge is -2.21. The molecule has 0 radical (unpaired) electrons. The number of imidazole rings is 2. The van der Waals surface area contributed by atoms with E-state index < -0.39 is 0 Å². The van der Waals surface area contributed by atoms with Crippen LogP contribution in [-0.4, -0.2) is 60.6 Å². The van der Waals surface area contributed by atoms with E-state index in [1.165, 1.54) is 0 Å². The van der Waals surface area contributed by atoms with Crippen LogP contribution < -0.4 is 30.4 Å². The Bertz CT molecular complexity index is 2060. The molecule has 6 rings (SSSR count). The maximum Gasteiger partial charge on any atom is 0.421 e. The van der Waals surface area contributed by atoms with Crippen LogP contribution in [0.1, 0.15) is 0 Å². The summed E-state index contributed by atoms with van der Waals surface area (Å²) >= 11 is 0. The van der Waals surface area contributed by atoms with Crippen LogP contribution in [0.4, 0.5) is 63.9 Å². The standard InChI is InChI=1S/C34H37N15O2/c1-46-17-16-35-32(46)44-42-28-12-8-25(9-13-28)36-24-4-6-26(7-5-24)37-30-39-31(41-33(40-30)49(20-22-50)21-23-51)38-27-10-14-29(15-11-27)43-45-34-47(2)18-19-48(34)3/h4-19,50-51H,20-23H2,1-3H3,(H2,35,36,37,38,39,40,41,42,43,44)/p+2. The summed E-state index contributed by atoms with van der Waals surface area (Å²) in [5.74, 6) is 2.22. The normalized spacial score (nSPS) is 11.4. The molecular weight excluding hydrogens is 650 g/mol. The quantitative estimate of drug-likeness (QED) is 0.0725. The minimum atomic E-state index is -0.137. The fourth-order valence-corrected chi connectivity index (χ4v) is 4.88. The number of hydrogen-bond acceptors (Lipinski definition) is 13. The van der Waals surface area contributed by atoms with Crippen molar-refractivity contribution in [3.63, 3.8) is 0 Å². The third kappa shape index (κ3) is 9.11. The molecule has 0 aliphatic carbocycles. The smallest absolute Gasteiger partial charge is 0.395 e. The summed E-state index contributed by atoms with van der Waals surface area (Å²) in [6, 6.07) is 22.7. The molecule has 17 nitrogen and oxygen atoms in total. The molecule has 0 atom stereocenters. The Kier molecular flexibility index (Phi) is 10.9. The minimum absolute atomic E-state index is 0.137. The van der Waals surface area contributed by atoms with Crippen LogP contribution in [0.25, 0.3) is 0 Å². The zero-order chi connectivity index (χ0) is 35.6. The Morgan fingerprint density at radius 1 is 0.667 bits per heavy atom. The molecule has 6 aromatic rings. The molecule has 3 aromatic heterocycles. The fraction of sp³-hybridized carbons (Fsp3) is 0.206. The van der Waals surface area contributed by atoms with Gasteiger partial charge in [-0.3, -0.25) is 0 Å². The topological polar surface area (TPSA) is 196 Å². The van der Waals surface area contributed by atoms with Crippen molar-refractivity contribution in [2.24, 2.45) is 41.6 Å². The lowest BCUT2D eigenvalue weighted by molar-refractivity contribution is -0.657. The predicted octanol–water partition coefficient (Wildman–Crippen LogP) is 5.04. The highest BCUT2D eigenvalue weighted by Crippen LogP contribution is 2.26. The van der Waals surface area contributed by atoms with Crippen LogP contribution in [0.3, 0.4) is 0 Å². The monoisotopic (exact) mass is 689 g/mol. The van der Waals surface area contributed by atoms with Gasteiger partial charge in [0.1, 0.15) is 11.4 Å². The van der Waals surface area contributed by atoms with Crippen molar-refractivity contribution in [1.29, 1.82) is 0 Å². The second kappa shape index (κ2) is 16.2. The SMILES string of the molecule is Cn1cc[nH+]c1N=Nc1ccc(Nc2ccc(Nc3nc(Nc4ccc(N=Nc5n(C)cc[n+]5C)cc4)nc(N(CCO)CCO)n3)cc2)cc1. The highest BCUT2D eigenvalue weighted by molar-refractivity contribution is 5.66. The molecule has 0 saturated carbocycles. The lowest BCUT2D eigenvalue weighted by atomic mass is 10.2. The average molecular weight is 690 g/mol. The second-order valence-electron chi connectivity index (χ2n) is 11.4. The van der Waals surface area contributed by atoms with Gasteiger partial charge in [0, 0.05) is 46.1 Å². The van der Waals surface area contributed by atoms with Gasteiger partial charge in [-0.1, -0.05) is 10.2 Å². The summed E-state index contributed by atoms with van der Waals surface area (Å²) in [6.45, 7) is 0.193. The van der Waals surface area contributed by atoms with Crippen molar-refractivity contribution < 1.29 is 19.8 Å². The molecule has 51 heavy (non-hydrogen) atoms. The van der Waals surface area contributed by atoms with E-state index in [2.05, 4.69) is 56.3 Å². The number of aliphatic hydroxyl groups is 2. The van der Waals surface area contributed by atoms with Gasteiger partial charge < -0.3 is 31.1 Å². The Labute approximate surface area is 293 Å². The zero-order valence-corrected chi connectivity index (χ0v) is 28.4. The summed E-state index contributed by atoms with van der Waals surface area (Å²) < 4.78 is 5.61. The van der Waals surface area contributed by atoms with Crippen molar-refractivity contribution in [3.8, 4) is 0 Å². The first-order valence-corrected chi connectivity index (χ1v) is 16.1. The van der Waals surface area contributed by atoms with Gasteiger partial charge >= 0.3 is 11.9 Å². The van der Waals surface area contributed by atoms with E-state index in [1.807, 2.05) is 126 Å². The van der Waals surface area contributed by atoms with E-state index in [-0.39, 0.29) is 38.2 Å². The van der Waals surface area contributed by atoms with E-state index in [1.54, 1.807) is 11.1 Å². The van der Waals surface area contributed by atoms with Crippen LogP contribution in [0, 0.1) is 0 Å². The number of aromatic nitrogens is 7. The molecule has 0 saturated heterocycles. The zero-order valence-electron chi connectivity index (χ0n) is 28.4. The van der Waals surface area contributed by atoms with Gasteiger partial charge in [0.25, 0.3) is 0 Å². The maximum absolute atomic E-state index is 9.65. The Balaban J connectivity index is 1.14. The number of nitrogens with one attached hydrogen (secondary N) is 4. The van der Waals surface area contributed by atoms with Gasteiger partial charge in [-0.05, 0) is 72.8 Å². The first-order chi connectivity index (χ1) is 24.9. The van der Waals surface area contributed by atoms with Crippen LogP contribution in [0.2, 0.25) is 0 Å². The minimum Gasteiger partial charge on any atom is -0.395 e. The van der Waals surface area contributed by atoms with Crippen molar-refractivity contribution in [2.45, 2.75) is 0 Å². The highest BCUT2D eigenvalue weighted by atomic mass is 16.3. The van der Waals surface area contributed by atoms with Crippen molar-refractivity contribution in [2.75, 3.05) is 47.2 Å². The van der Waals surface area contributed by atoms with Crippen LogP contribution in [0.5, 0.6) is 0 Å². The molecular formula is C34H39N15O2+2. The number of azo groups is 2.